The van der Waals surface area contributed by atoms with Crippen LogP contribution < -0.4 is 5.32 Å². The highest BCUT2D eigenvalue weighted by Gasteiger charge is 2.43. The molecule has 0 amide bonds. The fourth-order valence-corrected chi connectivity index (χ4v) is 3.13. The molecule has 2 aliphatic rings. The Labute approximate surface area is 110 Å². The molecule has 1 aliphatic carbocycles. The summed E-state index contributed by atoms with van der Waals surface area (Å²) in [4.78, 5) is 0. The molecule has 2 heteroatoms. The molecule has 1 aromatic carbocycles. The molecule has 1 heterocycles. The van der Waals surface area contributed by atoms with E-state index in [-0.39, 0.29) is 11.1 Å². The van der Waals surface area contributed by atoms with Gasteiger partial charge in [-0.1, -0.05) is 24.3 Å². The standard InChI is InChI=1S/C16H23NO/c1-15(7-4-10-17-15)14-6-3-5-13(11-14)12-16(18-2)8-9-16/h3,5-6,11,17H,4,7-10,12H2,1-2H3. The molecule has 98 valence electrons. The summed E-state index contributed by atoms with van der Waals surface area (Å²) < 4.78 is 5.63. The predicted molar refractivity (Wildman–Crippen MR) is 73.7 cm³/mol. The van der Waals surface area contributed by atoms with Crippen molar-refractivity contribution in [3.05, 3.63) is 35.4 Å². The van der Waals surface area contributed by atoms with Crippen molar-refractivity contribution in [1.82, 2.24) is 5.32 Å². The molecule has 1 aliphatic heterocycles. The topological polar surface area (TPSA) is 21.3 Å². The van der Waals surface area contributed by atoms with Gasteiger partial charge in [0.15, 0.2) is 0 Å². The molecule has 1 saturated heterocycles. The van der Waals surface area contributed by atoms with Crippen LogP contribution in [-0.2, 0) is 16.7 Å². The minimum absolute atomic E-state index is 0.155. The first kappa shape index (κ1) is 12.2. The van der Waals surface area contributed by atoms with Crippen molar-refractivity contribution in [3.8, 4) is 0 Å². The second-order valence-electron chi connectivity index (χ2n) is 6.13. The van der Waals surface area contributed by atoms with Gasteiger partial charge in [0.2, 0.25) is 0 Å². The van der Waals surface area contributed by atoms with Crippen LogP contribution in [-0.4, -0.2) is 19.3 Å². The summed E-state index contributed by atoms with van der Waals surface area (Å²) in [5.74, 6) is 0. The lowest BCUT2D eigenvalue weighted by Crippen LogP contribution is -2.33. The first-order valence-electron chi connectivity index (χ1n) is 7.06. The number of hydrogen-bond donors (Lipinski definition) is 1. The molecule has 0 aromatic heterocycles. The number of hydrogen-bond acceptors (Lipinski definition) is 2. The second-order valence-corrected chi connectivity index (χ2v) is 6.13. The van der Waals surface area contributed by atoms with Crippen molar-refractivity contribution in [2.75, 3.05) is 13.7 Å². The van der Waals surface area contributed by atoms with Crippen molar-refractivity contribution in [2.24, 2.45) is 0 Å². The summed E-state index contributed by atoms with van der Waals surface area (Å²) in [6, 6.07) is 9.06. The van der Waals surface area contributed by atoms with Crippen LogP contribution >= 0.6 is 0 Å². The molecule has 3 rings (SSSR count). The quantitative estimate of drug-likeness (QED) is 0.880. The maximum atomic E-state index is 5.63. The van der Waals surface area contributed by atoms with E-state index in [2.05, 4.69) is 36.5 Å². The zero-order valence-corrected chi connectivity index (χ0v) is 11.5. The number of rotatable bonds is 4. The summed E-state index contributed by atoms with van der Waals surface area (Å²) in [6.07, 6.45) is 6.01. The summed E-state index contributed by atoms with van der Waals surface area (Å²) >= 11 is 0. The highest BCUT2D eigenvalue weighted by atomic mass is 16.5. The molecular weight excluding hydrogens is 222 g/mol. The Morgan fingerprint density at radius 3 is 2.72 bits per heavy atom. The number of nitrogens with one attached hydrogen (secondary N) is 1. The van der Waals surface area contributed by atoms with Crippen molar-refractivity contribution in [1.29, 1.82) is 0 Å². The van der Waals surface area contributed by atoms with E-state index >= 15 is 0 Å². The van der Waals surface area contributed by atoms with Crippen LogP contribution in [0.25, 0.3) is 0 Å². The third-order valence-electron chi connectivity index (χ3n) is 4.70. The Kier molecular flexibility index (Phi) is 2.95. The zero-order valence-electron chi connectivity index (χ0n) is 11.5. The van der Waals surface area contributed by atoms with Crippen LogP contribution in [0.5, 0.6) is 0 Å². The Balaban J connectivity index is 1.81. The number of ether oxygens (including phenoxy) is 1. The molecule has 2 fully saturated rings. The lowest BCUT2D eigenvalue weighted by molar-refractivity contribution is 0.0807. The van der Waals surface area contributed by atoms with Gasteiger partial charge in [0, 0.05) is 19.1 Å². The van der Waals surface area contributed by atoms with Crippen LogP contribution in [0.15, 0.2) is 24.3 Å². The molecule has 0 radical (unpaired) electrons. The zero-order chi connectivity index (χ0) is 12.6. The SMILES string of the molecule is COC1(Cc2cccc(C3(C)CCCN3)c2)CC1. The molecule has 0 bridgehead atoms. The Morgan fingerprint density at radius 1 is 1.28 bits per heavy atom. The minimum Gasteiger partial charge on any atom is -0.378 e. The third kappa shape index (κ3) is 2.19. The molecule has 1 saturated carbocycles. The lowest BCUT2D eigenvalue weighted by Gasteiger charge is -2.26. The van der Waals surface area contributed by atoms with Crippen LogP contribution in [0, 0.1) is 0 Å². The average Bonchev–Trinajstić information content (AvgIpc) is 3.02. The van der Waals surface area contributed by atoms with Gasteiger partial charge in [0.05, 0.1) is 5.60 Å². The van der Waals surface area contributed by atoms with E-state index in [1.54, 1.807) is 0 Å². The highest BCUT2D eigenvalue weighted by molar-refractivity contribution is 5.31. The lowest BCUT2D eigenvalue weighted by atomic mass is 9.88. The van der Waals surface area contributed by atoms with E-state index in [4.69, 9.17) is 4.74 Å². The molecule has 1 unspecified atom stereocenters. The average molecular weight is 245 g/mol. The van der Waals surface area contributed by atoms with Gasteiger partial charge in [-0.2, -0.15) is 0 Å². The Bertz CT molecular complexity index is 430. The summed E-state index contributed by atoms with van der Waals surface area (Å²) in [6.45, 7) is 3.46. The molecule has 18 heavy (non-hydrogen) atoms. The van der Waals surface area contributed by atoms with Gasteiger partial charge in [-0.3, -0.25) is 0 Å². The maximum Gasteiger partial charge on any atom is 0.0721 e. The molecule has 1 atom stereocenters. The van der Waals surface area contributed by atoms with Gasteiger partial charge in [0.1, 0.15) is 0 Å². The molecule has 0 spiro atoms. The Morgan fingerprint density at radius 2 is 2.11 bits per heavy atom. The van der Waals surface area contributed by atoms with Crippen molar-refractivity contribution < 1.29 is 4.74 Å². The van der Waals surface area contributed by atoms with E-state index in [9.17, 15) is 0 Å². The fraction of sp³-hybridized carbons (Fsp3) is 0.625. The molecule has 1 aromatic rings. The molecule has 1 N–H and O–H groups in total. The molecular formula is C16H23NO. The van der Waals surface area contributed by atoms with Crippen molar-refractivity contribution in [3.63, 3.8) is 0 Å². The minimum atomic E-state index is 0.155. The third-order valence-corrected chi connectivity index (χ3v) is 4.70. The van der Waals surface area contributed by atoms with Crippen LogP contribution in [0.1, 0.15) is 43.7 Å². The normalized spacial score (nSPS) is 29.4. The van der Waals surface area contributed by atoms with E-state index < -0.39 is 0 Å². The van der Waals surface area contributed by atoms with Crippen molar-refractivity contribution >= 4 is 0 Å². The second kappa shape index (κ2) is 4.36. The van der Waals surface area contributed by atoms with Gasteiger partial charge >= 0.3 is 0 Å². The van der Waals surface area contributed by atoms with Crippen LogP contribution in [0.4, 0.5) is 0 Å². The first-order chi connectivity index (χ1) is 8.66. The van der Waals surface area contributed by atoms with E-state index in [0.29, 0.717) is 0 Å². The van der Waals surface area contributed by atoms with Crippen molar-refractivity contribution in [2.45, 2.75) is 50.2 Å². The maximum absolute atomic E-state index is 5.63. The van der Waals surface area contributed by atoms with E-state index in [1.165, 1.54) is 36.8 Å². The van der Waals surface area contributed by atoms with Gasteiger partial charge < -0.3 is 10.1 Å². The Hall–Kier alpha value is -0.860. The van der Waals surface area contributed by atoms with E-state index in [0.717, 1.165) is 13.0 Å². The number of benzene rings is 1. The fourth-order valence-electron chi connectivity index (χ4n) is 3.13. The predicted octanol–water partition coefficient (Wildman–Crippen LogP) is 3.01. The number of methoxy groups -OCH3 is 1. The summed E-state index contributed by atoms with van der Waals surface area (Å²) in [5.41, 5.74) is 3.19. The monoisotopic (exact) mass is 245 g/mol. The smallest absolute Gasteiger partial charge is 0.0721 e. The van der Waals surface area contributed by atoms with Gasteiger partial charge in [0.25, 0.3) is 0 Å². The van der Waals surface area contributed by atoms with Crippen LogP contribution in [0.3, 0.4) is 0 Å². The van der Waals surface area contributed by atoms with Crippen LogP contribution in [0.2, 0.25) is 0 Å². The van der Waals surface area contributed by atoms with Gasteiger partial charge in [-0.15, -0.1) is 0 Å². The summed E-state index contributed by atoms with van der Waals surface area (Å²) in [7, 11) is 1.84. The van der Waals surface area contributed by atoms with Gasteiger partial charge in [-0.25, -0.2) is 0 Å². The first-order valence-corrected chi connectivity index (χ1v) is 7.06. The largest absolute Gasteiger partial charge is 0.378 e. The van der Waals surface area contributed by atoms with Gasteiger partial charge in [-0.05, 0) is 50.3 Å². The molecule has 2 nitrogen and oxygen atoms in total. The van der Waals surface area contributed by atoms with E-state index in [1.807, 2.05) is 7.11 Å². The summed E-state index contributed by atoms with van der Waals surface area (Å²) in [5, 5.41) is 3.64. The highest BCUT2D eigenvalue weighted by Crippen LogP contribution is 2.42.